The van der Waals surface area contributed by atoms with Gasteiger partial charge in [-0.25, -0.2) is 5.06 Å². The molecule has 0 aromatic rings. The summed E-state index contributed by atoms with van der Waals surface area (Å²) in [5.41, 5.74) is -5.43. The molecule has 0 radical (unpaired) electrons. The first kappa shape index (κ1) is 13.8. The second-order valence-corrected chi connectivity index (χ2v) is 6.28. The lowest BCUT2D eigenvalue weighted by Crippen LogP contribution is -2.46. The molecule has 1 fully saturated rings. The molecule has 0 aromatic heterocycles. The lowest BCUT2D eigenvalue weighted by Gasteiger charge is -2.37. The Kier molecular flexibility index (Phi) is 3.45. The second-order valence-electron chi connectivity index (χ2n) is 4.03. The van der Waals surface area contributed by atoms with Crippen LogP contribution in [0.4, 0.5) is 13.2 Å². The van der Waals surface area contributed by atoms with Crippen molar-refractivity contribution in [3.05, 3.63) is 12.4 Å². The van der Waals surface area contributed by atoms with Crippen molar-refractivity contribution in [2.75, 3.05) is 6.54 Å². The molecular formula is C8H11F3N2O3S2. The average Bonchev–Trinajstić information content (AvgIpc) is 2.59. The fourth-order valence-electron chi connectivity index (χ4n) is 1.85. The number of hydroxylamine groups is 2. The van der Waals surface area contributed by atoms with Crippen LogP contribution in [-0.2, 0) is 14.4 Å². The Morgan fingerprint density at radius 1 is 1.33 bits per heavy atom. The van der Waals surface area contributed by atoms with Gasteiger partial charge in [0.05, 0.1) is 0 Å². The summed E-state index contributed by atoms with van der Waals surface area (Å²) in [5, 5.41) is 0.719. The van der Waals surface area contributed by atoms with Crippen LogP contribution < -0.4 is 0 Å². The molecule has 0 spiro atoms. The molecule has 2 unspecified atom stereocenters. The molecule has 2 rings (SSSR count). The van der Waals surface area contributed by atoms with Gasteiger partial charge in [0.15, 0.2) is 0 Å². The summed E-state index contributed by atoms with van der Waals surface area (Å²) in [6.45, 7) is 0.598. The molecule has 0 N–H and O–H groups in total. The van der Waals surface area contributed by atoms with Crippen molar-refractivity contribution in [2.45, 2.75) is 29.8 Å². The largest absolute Gasteiger partial charge is 0.525 e. The van der Waals surface area contributed by atoms with Crippen molar-refractivity contribution in [2.24, 2.45) is 0 Å². The van der Waals surface area contributed by atoms with E-state index in [0.29, 0.717) is 18.0 Å². The molecule has 1 saturated heterocycles. The van der Waals surface area contributed by atoms with E-state index >= 15 is 0 Å². The highest BCUT2D eigenvalue weighted by atomic mass is 32.2. The molecule has 0 amide bonds. The third-order valence-corrected chi connectivity index (χ3v) is 4.16. The third-order valence-electron chi connectivity index (χ3n) is 2.75. The van der Waals surface area contributed by atoms with Gasteiger partial charge in [0.25, 0.3) is 0 Å². The number of thiol groups is 1. The minimum atomic E-state index is -5.63. The maximum atomic E-state index is 12.2. The Morgan fingerprint density at radius 2 is 2.00 bits per heavy atom. The number of hydrogen-bond acceptors (Lipinski definition) is 6. The van der Waals surface area contributed by atoms with Crippen molar-refractivity contribution in [3.63, 3.8) is 0 Å². The smallest absolute Gasteiger partial charge is 0.354 e. The maximum absolute atomic E-state index is 12.2. The van der Waals surface area contributed by atoms with E-state index in [0.717, 1.165) is 6.42 Å². The first-order valence-electron chi connectivity index (χ1n) is 5.12. The van der Waals surface area contributed by atoms with Gasteiger partial charge in [0, 0.05) is 30.6 Å². The number of alkyl halides is 3. The van der Waals surface area contributed by atoms with E-state index in [1.165, 1.54) is 12.4 Å². The molecule has 18 heavy (non-hydrogen) atoms. The number of rotatable bonds is 2. The van der Waals surface area contributed by atoms with Crippen LogP contribution >= 0.6 is 12.6 Å². The molecule has 0 aliphatic carbocycles. The summed E-state index contributed by atoms with van der Waals surface area (Å²) in [5.74, 6) is 0. The van der Waals surface area contributed by atoms with E-state index in [2.05, 4.69) is 16.9 Å². The van der Waals surface area contributed by atoms with E-state index in [9.17, 15) is 21.6 Å². The molecular weight excluding hydrogens is 293 g/mol. The monoisotopic (exact) mass is 304 g/mol. The van der Waals surface area contributed by atoms with Gasteiger partial charge in [-0.1, -0.05) is 0 Å². The molecule has 2 aliphatic rings. The van der Waals surface area contributed by atoms with Crippen LogP contribution in [0.1, 0.15) is 12.8 Å². The Hall–Kier alpha value is -0.610. The van der Waals surface area contributed by atoms with Gasteiger partial charge in [-0.2, -0.15) is 34.2 Å². The van der Waals surface area contributed by atoms with Gasteiger partial charge >= 0.3 is 15.6 Å². The number of nitrogens with zero attached hydrogens (tertiary/aromatic N) is 2. The molecule has 2 aliphatic heterocycles. The Labute approximate surface area is 108 Å². The van der Waals surface area contributed by atoms with Crippen LogP contribution in [-0.4, -0.2) is 41.8 Å². The highest BCUT2D eigenvalue weighted by Crippen LogP contribution is 2.32. The quantitative estimate of drug-likeness (QED) is 0.615. The summed E-state index contributed by atoms with van der Waals surface area (Å²) in [7, 11) is -5.63. The lowest BCUT2D eigenvalue weighted by molar-refractivity contribution is -0.113. The highest BCUT2D eigenvalue weighted by Gasteiger charge is 2.50. The number of fused-ring (bicyclic) bond motifs is 1. The predicted octanol–water partition coefficient (Wildman–Crippen LogP) is 1.27. The molecule has 5 nitrogen and oxygen atoms in total. The SMILES string of the molecule is O=S(=O)(ON1C=CN2CCC(S)CC21)C(F)(F)F. The van der Waals surface area contributed by atoms with Crippen molar-refractivity contribution in [3.8, 4) is 0 Å². The van der Waals surface area contributed by atoms with Crippen molar-refractivity contribution in [1.82, 2.24) is 9.96 Å². The number of piperidine rings is 1. The van der Waals surface area contributed by atoms with Crippen LogP contribution in [0.5, 0.6) is 0 Å². The summed E-state index contributed by atoms with van der Waals surface area (Å²) in [6, 6.07) is 0. The summed E-state index contributed by atoms with van der Waals surface area (Å²) >= 11 is 4.24. The van der Waals surface area contributed by atoms with Gasteiger partial charge in [0.2, 0.25) is 0 Å². The molecule has 0 saturated carbocycles. The minimum absolute atomic E-state index is 0.00541. The standard InChI is InChI=1S/C8H11F3N2O3S2/c9-8(10,11)18(14,15)16-13-4-3-12-2-1-6(17)5-7(12)13/h3-4,6-7,17H,1-2,5H2. The molecule has 2 heterocycles. The molecule has 104 valence electrons. The van der Waals surface area contributed by atoms with Crippen molar-refractivity contribution in [1.29, 1.82) is 0 Å². The third kappa shape index (κ3) is 2.54. The fourth-order valence-corrected chi connectivity index (χ4v) is 2.61. The summed E-state index contributed by atoms with van der Waals surface area (Å²) < 4.78 is 62.5. The van der Waals surface area contributed by atoms with Crippen LogP contribution in [0.2, 0.25) is 0 Å². The zero-order chi connectivity index (χ0) is 13.6. The Morgan fingerprint density at radius 3 is 2.61 bits per heavy atom. The van der Waals surface area contributed by atoms with E-state index < -0.39 is 21.8 Å². The zero-order valence-corrected chi connectivity index (χ0v) is 10.8. The van der Waals surface area contributed by atoms with Gasteiger partial charge in [0.1, 0.15) is 6.17 Å². The molecule has 0 bridgehead atoms. The van der Waals surface area contributed by atoms with Crippen LogP contribution in [0.3, 0.4) is 0 Å². The summed E-state index contributed by atoms with van der Waals surface area (Å²) in [4.78, 5) is 1.72. The van der Waals surface area contributed by atoms with Gasteiger partial charge in [-0.15, -0.1) is 4.28 Å². The van der Waals surface area contributed by atoms with E-state index in [1.807, 2.05) is 0 Å². The fraction of sp³-hybridized carbons (Fsp3) is 0.750. The Balaban J connectivity index is 2.10. The molecule has 10 heteroatoms. The van der Waals surface area contributed by atoms with Gasteiger partial charge < -0.3 is 4.90 Å². The topological polar surface area (TPSA) is 49.9 Å². The number of halogens is 3. The highest BCUT2D eigenvalue weighted by molar-refractivity contribution is 7.87. The maximum Gasteiger partial charge on any atom is 0.525 e. The zero-order valence-electron chi connectivity index (χ0n) is 9.04. The molecule has 2 atom stereocenters. The van der Waals surface area contributed by atoms with Crippen LogP contribution in [0, 0.1) is 0 Å². The van der Waals surface area contributed by atoms with Crippen molar-refractivity contribution >= 4 is 22.7 Å². The first-order valence-corrected chi connectivity index (χ1v) is 7.04. The second kappa shape index (κ2) is 4.49. The average molecular weight is 304 g/mol. The predicted molar refractivity (Wildman–Crippen MR) is 59.5 cm³/mol. The first-order chi connectivity index (χ1) is 8.21. The molecule has 0 aromatic carbocycles. The van der Waals surface area contributed by atoms with Crippen LogP contribution in [0.15, 0.2) is 12.4 Å². The van der Waals surface area contributed by atoms with E-state index in [-0.39, 0.29) is 5.25 Å². The van der Waals surface area contributed by atoms with Gasteiger partial charge in [-0.3, -0.25) is 0 Å². The lowest BCUT2D eigenvalue weighted by atomic mass is 10.1. The van der Waals surface area contributed by atoms with Crippen molar-refractivity contribution < 1.29 is 25.9 Å². The normalized spacial score (nSPS) is 28.7. The minimum Gasteiger partial charge on any atom is -0.354 e. The van der Waals surface area contributed by atoms with E-state index in [1.54, 1.807) is 4.90 Å². The van der Waals surface area contributed by atoms with Gasteiger partial charge in [-0.05, 0) is 6.42 Å². The Bertz CT molecular complexity index is 451. The van der Waals surface area contributed by atoms with E-state index in [4.69, 9.17) is 0 Å². The number of hydrogen-bond donors (Lipinski definition) is 1. The summed E-state index contributed by atoms with van der Waals surface area (Å²) in [6.07, 6.45) is 3.34. The van der Waals surface area contributed by atoms with Crippen LogP contribution in [0.25, 0.3) is 0 Å².